The number of imidazole rings is 1. The molecule has 0 aliphatic carbocycles. The number of aromatic carboxylic acids is 1. The second-order valence-electron chi connectivity index (χ2n) is 4.53. The molecule has 0 bridgehead atoms. The van der Waals surface area contributed by atoms with Gasteiger partial charge in [-0.3, -0.25) is 4.40 Å². The molecule has 0 unspecified atom stereocenters. The molecule has 1 N–H and O–H groups in total. The van der Waals surface area contributed by atoms with Gasteiger partial charge in [0.25, 0.3) is 0 Å². The van der Waals surface area contributed by atoms with E-state index in [0.717, 1.165) is 11.1 Å². The van der Waals surface area contributed by atoms with Crippen molar-refractivity contribution in [2.24, 2.45) is 0 Å². The lowest BCUT2D eigenvalue weighted by Gasteiger charge is -2.01. The van der Waals surface area contributed by atoms with Crippen LogP contribution in [0.2, 0.25) is 5.02 Å². The van der Waals surface area contributed by atoms with Crippen LogP contribution in [0.3, 0.4) is 0 Å². The Morgan fingerprint density at radius 1 is 1.30 bits per heavy atom. The van der Waals surface area contributed by atoms with E-state index >= 15 is 0 Å². The Morgan fingerprint density at radius 2 is 2.10 bits per heavy atom. The van der Waals surface area contributed by atoms with E-state index in [1.54, 1.807) is 18.3 Å². The van der Waals surface area contributed by atoms with Gasteiger partial charge in [-0.2, -0.15) is 0 Å². The molecule has 100 valence electrons. The number of carbonyl (C=O) groups is 1. The summed E-state index contributed by atoms with van der Waals surface area (Å²) in [6.07, 6.45) is 1.65. The van der Waals surface area contributed by atoms with Crippen molar-refractivity contribution in [3.05, 3.63) is 58.9 Å². The maximum absolute atomic E-state index is 11.6. The number of rotatable bonds is 2. The first-order valence-corrected chi connectivity index (χ1v) is 6.42. The Hall–Kier alpha value is -2.33. The molecule has 0 saturated carbocycles. The van der Waals surface area contributed by atoms with Crippen LogP contribution in [0, 0.1) is 6.92 Å². The molecule has 0 aliphatic rings. The molecule has 2 heterocycles. The summed E-state index contributed by atoms with van der Waals surface area (Å²) in [5.74, 6) is -1.03. The fourth-order valence-electron chi connectivity index (χ4n) is 2.23. The summed E-state index contributed by atoms with van der Waals surface area (Å²) in [6, 6.07) is 11.0. The van der Waals surface area contributed by atoms with Crippen LogP contribution < -0.4 is 0 Å². The summed E-state index contributed by atoms with van der Waals surface area (Å²) in [4.78, 5) is 16.0. The molecule has 4 nitrogen and oxygen atoms in total. The highest BCUT2D eigenvalue weighted by Gasteiger charge is 2.20. The highest BCUT2D eigenvalue weighted by molar-refractivity contribution is 6.33. The fourth-order valence-corrected chi connectivity index (χ4v) is 2.44. The van der Waals surface area contributed by atoms with E-state index in [1.165, 1.54) is 4.40 Å². The first-order valence-electron chi connectivity index (χ1n) is 6.05. The summed E-state index contributed by atoms with van der Waals surface area (Å²) in [5.41, 5.74) is 2.80. The third-order valence-electron chi connectivity index (χ3n) is 3.10. The number of fused-ring (bicyclic) bond motifs is 1. The summed E-state index contributed by atoms with van der Waals surface area (Å²) < 4.78 is 1.50. The van der Waals surface area contributed by atoms with E-state index in [9.17, 15) is 9.90 Å². The number of aromatic nitrogens is 2. The standard InChI is InChI=1S/C15H11ClN2O2/c1-9-4-2-5-10(8-9)12-13(15(19)20)18-7-3-6-11(16)14(18)17-12/h2-8H,1H3,(H,19,20). The van der Waals surface area contributed by atoms with Gasteiger partial charge < -0.3 is 5.11 Å². The minimum absolute atomic E-state index is 0.119. The number of hydrogen-bond acceptors (Lipinski definition) is 2. The van der Waals surface area contributed by atoms with E-state index in [1.807, 2.05) is 31.2 Å². The number of pyridine rings is 1. The molecule has 0 fully saturated rings. The van der Waals surface area contributed by atoms with Gasteiger partial charge in [0.05, 0.1) is 5.02 Å². The van der Waals surface area contributed by atoms with Gasteiger partial charge in [0.15, 0.2) is 11.3 Å². The van der Waals surface area contributed by atoms with Gasteiger partial charge in [-0.15, -0.1) is 0 Å². The molecule has 0 atom stereocenters. The maximum atomic E-state index is 11.6. The van der Waals surface area contributed by atoms with Crippen LogP contribution in [0.25, 0.3) is 16.9 Å². The van der Waals surface area contributed by atoms with Crippen molar-refractivity contribution in [3.8, 4) is 11.3 Å². The minimum Gasteiger partial charge on any atom is -0.476 e. The molecule has 0 amide bonds. The van der Waals surface area contributed by atoms with Crippen LogP contribution in [0.1, 0.15) is 16.1 Å². The van der Waals surface area contributed by atoms with Gasteiger partial charge in [0.2, 0.25) is 0 Å². The van der Waals surface area contributed by atoms with E-state index in [4.69, 9.17) is 11.6 Å². The summed E-state index contributed by atoms with van der Waals surface area (Å²) >= 11 is 6.09. The molecular formula is C15H11ClN2O2. The molecule has 0 saturated heterocycles. The highest BCUT2D eigenvalue weighted by Crippen LogP contribution is 2.28. The van der Waals surface area contributed by atoms with Gasteiger partial charge in [-0.25, -0.2) is 9.78 Å². The number of aryl methyl sites for hydroxylation is 1. The lowest BCUT2D eigenvalue weighted by molar-refractivity contribution is 0.0690. The largest absolute Gasteiger partial charge is 0.476 e. The molecule has 20 heavy (non-hydrogen) atoms. The van der Waals surface area contributed by atoms with Crippen molar-refractivity contribution in [3.63, 3.8) is 0 Å². The van der Waals surface area contributed by atoms with E-state index in [2.05, 4.69) is 4.98 Å². The molecule has 5 heteroatoms. The van der Waals surface area contributed by atoms with Gasteiger partial charge in [-0.1, -0.05) is 35.4 Å². The normalized spacial score (nSPS) is 10.9. The zero-order chi connectivity index (χ0) is 14.3. The van der Waals surface area contributed by atoms with Gasteiger partial charge in [0, 0.05) is 11.8 Å². The SMILES string of the molecule is Cc1cccc(-c2nc3c(Cl)cccn3c2C(=O)O)c1. The number of halogens is 1. The Bertz CT molecular complexity index is 824. The zero-order valence-electron chi connectivity index (χ0n) is 10.7. The molecule has 3 rings (SSSR count). The van der Waals surface area contributed by atoms with Crippen molar-refractivity contribution in [1.29, 1.82) is 0 Å². The second kappa shape index (κ2) is 4.65. The summed E-state index contributed by atoms with van der Waals surface area (Å²) in [5, 5.41) is 9.90. The average Bonchev–Trinajstić information content (AvgIpc) is 2.79. The van der Waals surface area contributed by atoms with Crippen molar-refractivity contribution in [1.82, 2.24) is 9.38 Å². The second-order valence-corrected chi connectivity index (χ2v) is 4.94. The van der Waals surface area contributed by atoms with Gasteiger partial charge >= 0.3 is 5.97 Å². The first-order chi connectivity index (χ1) is 9.58. The van der Waals surface area contributed by atoms with Crippen molar-refractivity contribution < 1.29 is 9.90 Å². The topological polar surface area (TPSA) is 54.6 Å². The number of nitrogens with zero attached hydrogens (tertiary/aromatic N) is 2. The van der Waals surface area contributed by atoms with Crippen LogP contribution in [-0.2, 0) is 0 Å². The zero-order valence-corrected chi connectivity index (χ0v) is 11.4. The van der Waals surface area contributed by atoms with Crippen LogP contribution in [0.15, 0.2) is 42.6 Å². The molecule has 0 radical (unpaired) electrons. The highest BCUT2D eigenvalue weighted by atomic mass is 35.5. The molecular weight excluding hydrogens is 276 g/mol. The number of hydrogen-bond donors (Lipinski definition) is 1. The Balaban J connectivity index is 2.38. The quantitative estimate of drug-likeness (QED) is 0.782. The Kier molecular flexibility index (Phi) is 2.95. The Morgan fingerprint density at radius 3 is 2.80 bits per heavy atom. The predicted molar refractivity (Wildman–Crippen MR) is 77.3 cm³/mol. The Labute approximate surface area is 120 Å². The van der Waals surface area contributed by atoms with E-state index in [-0.39, 0.29) is 5.69 Å². The minimum atomic E-state index is -1.03. The molecule has 0 aliphatic heterocycles. The van der Waals surface area contributed by atoms with E-state index in [0.29, 0.717) is 16.4 Å². The van der Waals surface area contributed by atoms with Crippen molar-refractivity contribution in [2.75, 3.05) is 0 Å². The molecule has 1 aromatic carbocycles. The third-order valence-corrected chi connectivity index (χ3v) is 3.39. The smallest absolute Gasteiger partial charge is 0.355 e. The first kappa shape index (κ1) is 12.7. The number of carboxylic acids is 1. The fraction of sp³-hybridized carbons (Fsp3) is 0.0667. The summed E-state index contributed by atoms with van der Waals surface area (Å²) in [6.45, 7) is 1.95. The monoisotopic (exact) mass is 286 g/mol. The average molecular weight is 287 g/mol. The summed E-state index contributed by atoms with van der Waals surface area (Å²) in [7, 11) is 0. The van der Waals surface area contributed by atoms with Crippen molar-refractivity contribution >= 4 is 23.2 Å². The van der Waals surface area contributed by atoms with Crippen LogP contribution in [-0.4, -0.2) is 20.5 Å². The predicted octanol–water partition coefficient (Wildman–Crippen LogP) is 3.66. The number of carboxylic acid groups (broad SMARTS) is 1. The van der Waals surface area contributed by atoms with Crippen molar-refractivity contribution in [2.45, 2.75) is 6.92 Å². The van der Waals surface area contributed by atoms with E-state index < -0.39 is 5.97 Å². The lowest BCUT2D eigenvalue weighted by Crippen LogP contribution is -2.03. The molecule has 3 aromatic rings. The van der Waals surface area contributed by atoms with Gasteiger partial charge in [-0.05, 0) is 25.1 Å². The van der Waals surface area contributed by atoms with Crippen LogP contribution >= 0.6 is 11.6 Å². The molecule has 2 aromatic heterocycles. The third kappa shape index (κ3) is 1.94. The lowest BCUT2D eigenvalue weighted by atomic mass is 10.1. The van der Waals surface area contributed by atoms with Crippen LogP contribution in [0.4, 0.5) is 0 Å². The number of benzene rings is 1. The van der Waals surface area contributed by atoms with Crippen LogP contribution in [0.5, 0.6) is 0 Å². The molecule has 0 spiro atoms. The maximum Gasteiger partial charge on any atom is 0.355 e. The van der Waals surface area contributed by atoms with Gasteiger partial charge in [0.1, 0.15) is 5.69 Å².